The third-order valence-electron chi connectivity index (χ3n) is 5.12. The lowest BCUT2D eigenvalue weighted by molar-refractivity contribution is -0.131. The van der Waals surface area contributed by atoms with Crippen LogP contribution in [0.25, 0.3) is 0 Å². The van der Waals surface area contributed by atoms with Crippen LogP contribution in [0, 0.1) is 6.92 Å². The number of anilines is 1. The third kappa shape index (κ3) is 8.53. The highest BCUT2D eigenvalue weighted by Gasteiger charge is 2.12. The Morgan fingerprint density at radius 2 is 1.59 bits per heavy atom. The number of nitrogens with zero attached hydrogens (tertiary/aromatic N) is 1. The molecule has 6 heteroatoms. The van der Waals surface area contributed by atoms with Crippen LogP contribution < -0.4 is 10.6 Å². The Kier molecular flexibility index (Phi) is 10.4. The fourth-order valence-electron chi connectivity index (χ4n) is 3.42. The second-order valence-electron chi connectivity index (χ2n) is 8.03. The third-order valence-corrected chi connectivity index (χ3v) is 5.12. The zero-order valence-electron chi connectivity index (χ0n) is 19.4. The van der Waals surface area contributed by atoms with Crippen molar-refractivity contribution in [2.24, 2.45) is 0 Å². The fraction of sp³-hybridized carbons (Fsp3) is 0.423. The Morgan fingerprint density at radius 3 is 2.25 bits per heavy atom. The van der Waals surface area contributed by atoms with Crippen LogP contribution in [-0.2, 0) is 16.1 Å². The average Bonchev–Trinajstić information content (AvgIpc) is 2.78. The van der Waals surface area contributed by atoms with Gasteiger partial charge in [-0.1, -0.05) is 43.7 Å². The first-order valence-electron chi connectivity index (χ1n) is 11.4. The van der Waals surface area contributed by atoms with Crippen LogP contribution in [0.15, 0.2) is 48.5 Å². The quantitative estimate of drug-likeness (QED) is 0.506. The van der Waals surface area contributed by atoms with Crippen LogP contribution in [0.2, 0.25) is 0 Å². The summed E-state index contributed by atoms with van der Waals surface area (Å²) < 4.78 is 0. The molecule has 0 radical (unpaired) electrons. The second-order valence-corrected chi connectivity index (χ2v) is 8.03. The number of carbonyl (C=O) groups excluding carboxylic acids is 3. The summed E-state index contributed by atoms with van der Waals surface area (Å²) in [6.07, 6.45) is 3.14. The summed E-state index contributed by atoms with van der Waals surface area (Å²) in [4.78, 5) is 38.8. The van der Waals surface area contributed by atoms with Crippen LogP contribution in [0.3, 0.4) is 0 Å². The highest BCUT2D eigenvalue weighted by Crippen LogP contribution is 2.13. The molecule has 0 atom stereocenters. The van der Waals surface area contributed by atoms with Gasteiger partial charge in [-0.05, 0) is 56.0 Å². The SMILES string of the molecule is CCCN(CCC)C(=O)CCCC(=O)NCc1cccc(NC(=O)c2ccc(C)cc2)c1. The summed E-state index contributed by atoms with van der Waals surface area (Å²) in [6, 6.07) is 14.8. The maximum absolute atomic E-state index is 12.4. The maximum atomic E-state index is 12.4. The molecule has 0 heterocycles. The molecule has 0 bridgehead atoms. The molecule has 2 rings (SSSR count). The van der Waals surface area contributed by atoms with Crippen molar-refractivity contribution in [3.05, 3.63) is 65.2 Å². The zero-order valence-corrected chi connectivity index (χ0v) is 19.4. The Labute approximate surface area is 191 Å². The van der Waals surface area contributed by atoms with Gasteiger partial charge in [-0.3, -0.25) is 14.4 Å². The number of aryl methyl sites for hydroxylation is 1. The van der Waals surface area contributed by atoms with Crippen molar-refractivity contribution >= 4 is 23.4 Å². The molecule has 0 aliphatic rings. The molecule has 2 aromatic carbocycles. The number of amides is 3. The normalized spacial score (nSPS) is 10.5. The van der Waals surface area contributed by atoms with Gasteiger partial charge in [-0.25, -0.2) is 0 Å². The predicted octanol–water partition coefficient (Wildman–Crippen LogP) is 4.68. The van der Waals surface area contributed by atoms with Gasteiger partial charge in [-0.15, -0.1) is 0 Å². The lowest BCUT2D eigenvalue weighted by atomic mass is 10.1. The van der Waals surface area contributed by atoms with Crippen LogP contribution in [0.4, 0.5) is 5.69 Å². The molecule has 2 aromatic rings. The number of benzene rings is 2. The predicted molar refractivity (Wildman–Crippen MR) is 128 cm³/mol. The van der Waals surface area contributed by atoms with E-state index in [0.29, 0.717) is 37.1 Å². The minimum atomic E-state index is -0.170. The summed E-state index contributed by atoms with van der Waals surface area (Å²) in [5, 5.41) is 5.78. The first kappa shape index (κ1) is 25.1. The van der Waals surface area contributed by atoms with Crippen LogP contribution in [0.1, 0.15) is 67.4 Å². The van der Waals surface area contributed by atoms with E-state index in [1.807, 2.05) is 48.2 Å². The minimum Gasteiger partial charge on any atom is -0.352 e. The first-order valence-corrected chi connectivity index (χ1v) is 11.4. The van der Waals surface area contributed by atoms with Gasteiger partial charge < -0.3 is 15.5 Å². The average molecular weight is 438 g/mol. The Balaban J connectivity index is 1.77. The van der Waals surface area contributed by atoms with Crippen LogP contribution in [-0.4, -0.2) is 35.7 Å². The van der Waals surface area contributed by atoms with Crippen molar-refractivity contribution in [2.45, 2.75) is 59.4 Å². The summed E-state index contributed by atoms with van der Waals surface area (Å²) in [5.74, 6) is -0.126. The standard InChI is InChI=1S/C26H35N3O3/c1-4-16-29(17-5-2)25(31)11-7-10-24(30)27-19-21-8-6-9-23(18-21)28-26(32)22-14-12-20(3)13-15-22/h6,8-9,12-15,18H,4-5,7,10-11,16-17,19H2,1-3H3,(H,27,30)(H,28,32). The van der Waals surface area contributed by atoms with Gasteiger partial charge in [0, 0.05) is 43.7 Å². The van der Waals surface area contributed by atoms with E-state index in [1.165, 1.54) is 0 Å². The summed E-state index contributed by atoms with van der Waals surface area (Å²) in [6.45, 7) is 8.02. The highest BCUT2D eigenvalue weighted by molar-refractivity contribution is 6.04. The number of carbonyl (C=O) groups is 3. The molecule has 32 heavy (non-hydrogen) atoms. The van der Waals surface area contributed by atoms with E-state index in [9.17, 15) is 14.4 Å². The van der Waals surface area contributed by atoms with Gasteiger partial charge in [0.05, 0.1) is 0 Å². The molecule has 0 saturated carbocycles. The van der Waals surface area contributed by atoms with Crippen LogP contribution >= 0.6 is 0 Å². The molecule has 3 amide bonds. The summed E-state index contributed by atoms with van der Waals surface area (Å²) >= 11 is 0. The van der Waals surface area contributed by atoms with E-state index in [4.69, 9.17) is 0 Å². The molecular formula is C26H35N3O3. The second kappa shape index (κ2) is 13.3. The topological polar surface area (TPSA) is 78.5 Å². The molecular weight excluding hydrogens is 402 g/mol. The molecule has 172 valence electrons. The molecule has 0 aliphatic heterocycles. The maximum Gasteiger partial charge on any atom is 0.255 e. The molecule has 0 saturated heterocycles. The fourth-order valence-corrected chi connectivity index (χ4v) is 3.42. The molecule has 0 unspecified atom stereocenters. The molecule has 0 aliphatic carbocycles. The van der Waals surface area contributed by atoms with Gasteiger partial charge in [0.1, 0.15) is 0 Å². The van der Waals surface area contributed by atoms with Gasteiger partial charge >= 0.3 is 0 Å². The van der Waals surface area contributed by atoms with Crippen LogP contribution in [0.5, 0.6) is 0 Å². The monoisotopic (exact) mass is 437 g/mol. The van der Waals surface area contributed by atoms with Crippen molar-refractivity contribution in [1.82, 2.24) is 10.2 Å². The number of rotatable bonds is 12. The van der Waals surface area contributed by atoms with E-state index in [-0.39, 0.29) is 17.7 Å². The van der Waals surface area contributed by atoms with E-state index < -0.39 is 0 Å². The molecule has 2 N–H and O–H groups in total. The van der Waals surface area contributed by atoms with Crippen molar-refractivity contribution in [2.75, 3.05) is 18.4 Å². The number of nitrogens with one attached hydrogen (secondary N) is 2. The molecule has 0 aromatic heterocycles. The Hall–Kier alpha value is -3.15. The number of hydrogen-bond acceptors (Lipinski definition) is 3. The van der Waals surface area contributed by atoms with Crippen molar-refractivity contribution in [3.8, 4) is 0 Å². The Morgan fingerprint density at radius 1 is 0.906 bits per heavy atom. The summed E-state index contributed by atoms with van der Waals surface area (Å²) in [5.41, 5.74) is 3.27. The van der Waals surface area contributed by atoms with E-state index in [0.717, 1.165) is 37.1 Å². The lowest BCUT2D eigenvalue weighted by Crippen LogP contribution is -2.32. The first-order chi connectivity index (χ1) is 15.4. The van der Waals surface area contributed by atoms with Gasteiger partial charge in [0.15, 0.2) is 0 Å². The zero-order chi connectivity index (χ0) is 23.3. The van der Waals surface area contributed by atoms with Gasteiger partial charge in [0.2, 0.25) is 11.8 Å². The summed E-state index contributed by atoms with van der Waals surface area (Å²) in [7, 11) is 0. The smallest absolute Gasteiger partial charge is 0.255 e. The van der Waals surface area contributed by atoms with E-state index in [2.05, 4.69) is 24.5 Å². The van der Waals surface area contributed by atoms with Crippen molar-refractivity contribution < 1.29 is 14.4 Å². The Bertz CT molecular complexity index is 887. The largest absolute Gasteiger partial charge is 0.352 e. The molecule has 0 fully saturated rings. The minimum absolute atomic E-state index is 0.0792. The molecule has 6 nitrogen and oxygen atoms in total. The van der Waals surface area contributed by atoms with E-state index in [1.54, 1.807) is 12.1 Å². The number of hydrogen-bond donors (Lipinski definition) is 2. The van der Waals surface area contributed by atoms with Crippen molar-refractivity contribution in [1.29, 1.82) is 0 Å². The highest BCUT2D eigenvalue weighted by atomic mass is 16.2. The van der Waals surface area contributed by atoms with Gasteiger partial charge in [-0.2, -0.15) is 0 Å². The molecule has 0 spiro atoms. The van der Waals surface area contributed by atoms with E-state index >= 15 is 0 Å². The lowest BCUT2D eigenvalue weighted by Gasteiger charge is -2.21. The van der Waals surface area contributed by atoms with Gasteiger partial charge in [0.25, 0.3) is 5.91 Å². The van der Waals surface area contributed by atoms with Crippen molar-refractivity contribution in [3.63, 3.8) is 0 Å².